The van der Waals surface area contributed by atoms with Crippen LogP contribution in [0, 0.1) is 0 Å². The highest BCUT2D eigenvalue weighted by atomic mass is 79.9. The predicted molar refractivity (Wildman–Crippen MR) is 91.2 cm³/mol. The van der Waals surface area contributed by atoms with Crippen LogP contribution in [0.2, 0.25) is 10.0 Å². The van der Waals surface area contributed by atoms with E-state index in [1.54, 1.807) is 24.3 Å². The monoisotopic (exact) mass is 395 g/mol. The SMILES string of the molecule is O=C1OC(c2ccc(Br)cc2)=NC1=Cc1cccc(Cl)c1Cl. The lowest BCUT2D eigenvalue weighted by Gasteiger charge is -2.00. The van der Waals surface area contributed by atoms with Crippen molar-refractivity contribution in [2.75, 3.05) is 0 Å². The molecule has 0 saturated carbocycles. The molecule has 110 valence electrons. The van der Waals surface area contributed by atoms with Crippen molar-refractivity contribution in [3.8, 4) is 0 Å². The van der Waals surface area contributed by atoms with Gasteiger partial charge in [-0.2, -0.15) is 0 Å². The smallest absolute Gasteiger partial charge is 0.363 e. The molecule has 0 saturated heterocycles. The van der Waals surface area contributed by atoms with Crippen molar-refractivity contribution in [2.45, 2.75) is 0 Å². The number of ether oxygens (including phenoxy) is 1. The maximum Gasteiger partial charge on any atom is 0.363 e. The summed E-state index contributed by atoms with van der Waals surface area (Å²) in [5.41, 5.74) is 1.51. The van der Waals surface area contributed by atoms with Gasteiger partial charge in [-0.25, -0.2) is 9.79 Å². The highest BCUT2D eigenvalue weighted by Gasteiger charge is 2.24. The van der Waals surface area contributed by atoms with Gasteiger partial charge in [-0.05, 0) is 42.0 Å². The fourth-order valence-electron chi connectivity index (χ4n) is 1.90. The molecule has 0 bridgehead atoms. The number of carbonyl (C=O) groups excluding carboxylic acids is 1. The number of hydrogen-bond acceptors (Lipinski definition) is 3. The molecule has 2 aromatic rings. The van der Waals surface area contributed by atoms with Crippen molar-refractivity contribution >= 4 is 57.1 Å². The molecule has 1 aliphatic rings. The number of aliphatic imine (C=N–C) groups is 1. The number of esters is 1. The average Bonchev–Trinajstić information content (AvgIpc) is 2.86. The summed E-state index contributed by atoms with van der Waals surface area (Å²) < 4.78 is 6.13. The van der Waals surface area contributed by atoms with Gasteiger partial charge < -0.3 is 4.74 Å². The van der Waals surface area contributed by atoms with Crippen LogP contribution in [-0.4, -0.2) is 11.9 Å². The number of nitrogens with zero attached hydrogens (tertiary/aromatic N) is 1. The second kappa shape index (κ2) is 6.24. The number of cyclic esters (lactones) is 1. The molecule has 0 unspecified atom stereocenters. The van der Waals surface area contributed by atoms with E-state index in [2.05, 4.69) is 20.9 Å². The van der Waals surface area contributed by atoms with E-state index in [1.807, 2.05) is 24.3 Å². The lowest BCUT2D eigenvalue weighted by Crippen LogP contribution is -2.05. The van der Waals surface area contributed by atoms with Crippen LogP contribution in [-0.2, 0) is 9.53 Å². The second-order valence-electron chi connectivity index (χ2n) is 4.49. The van der Waals surface area contributed by atoms with Crippen LogP contribution in [0.5, 0.6) is 0 Å². The topological polar surface area (TPSA) is 38.7 Å². The number of benzene rings is 2. The van der Waals surface area contributed by atoms with E-state index in [-0.39, 0.29) is 11.6 Å². The van der Waals surface area contributed by atoms with Gasteiger partial charge in [-0.1, -0.05) is 51.3 Å². The Hall–Kier alpha value is -1.62. The van der Waals surface area contributed by atoms with Crippen molar-refractivity contribution in [1.29, 1.82) is 0 Å². The van der Waals surface area contributed by atoms with E-state index in [0.29, 0.717) is 15.6 Å². The molecule has 0 aliphatic carbocycles. The van der Waals surface area contributed by atoms with Gasteiger partial charge >= 0.3 is 5.97 Å². The standard InChI is InChI=1S/C16H8BrCl2NO2/c17-11-6-4-9(5-7-11)15-20-13(16(21)22-15)8-10-2-1-3-12(18)14(10)19/h1-8H. The molecule has 1 aliphatic heterocycles. The fourth-order valence-corrected chi connectivity index (χ4v) is 2.53. The van der Waals surface area contributed by atoms with Crippen LogP contribution in [0.3, 0.4) is 0 Å². The molecule has 0 aromatic heterocycles. The highest BCUT2D eigenvalue weighted by Crippen LogP contribution is 2.28. The summed E-state index contributed by atoms with van der Waals surface area (Å²) in [6, 6.07) is 12.5. The third-order valence-electron chi connectivity index (χ3n) is 2.99. The first-order chi connectivity index (χ1) is 10.5. The van der Waals surface area contributed by atoms with Crippen LogP contribution in [0.1, 0.15) is 11.1 Å². The molecule has 0 radical (unpaired) electrons. The Balaban J connectivity index is 1.97. The maximum absolute atomic E-state index is 11.9. The highest BCUT2D eigenvalue weighted by molar-refractivity contribution is 9.10. The predicted octanol–water partition coefficient (Wildman–Crippen LogP) is 5.10. The normalized spacial score (nSPS) is 15.9. The van der Waals surface area contributed by atoms with Gasteiger partial charge in [-0.15, -0.1) is 0 Å². The molecule has 0 atom stereocenters. The molecular formula is C16H8BrCl2NO2. The van der Waals surface area contributed by atoms with Gasteiger partial charge in [0.2, 0.25) is 5.90 Å². The Morgan fingerprint density at radius 1 is 1.09 bits per heavy atom. The summed E-state index contributed by atoms with van der Waals surface area (Å²) in [4.78, 5) is 16.2. The van der Waals surface area contributed by atoms with E-state index in [0.717, 1.165) is 10.0 Å². The fraction of sp³-hybridized carbons (Fsp3) is 0. The summed E-state index contributed by atoms with van der Waals surface area (Å²) in [6.07, 6.45) is 1.56. The van der Waals surface area contributed by atoms with E-state index in [1.165, 1.54) is 0 Å². The number of hydrogen-bond donors (Lipinski definition) is 0. The Kier molecular flexibility index (Phi) is 4.34. The third kappa shape index (κ3) is 3.09. The van der Waals surface area contributed by atoms with Crippen LogP contribution in [0.4, 0.5) is 0 Å². The first kappa shape index (κ1) is 15.3. The van der Waals surface area contributed by atoms with Gasteiger partial charge in [0, 0.05) is 10.0 Å². The molecular weight excluding hydrogens is 389 g/mol. The minimum atomic E-state index is -0.519. The Morgan fingerprint density at radius 2 is 1.82 bits per heavy atom. The van der Waals surface area contributed by atoms with E-state index < -0.39 is 5.97 Å². The van der Waals surface area contributed by atoms with Gasteiger partial charge in [0.25, 0.3) is 0 Å². The van der Waals surface area contributed by atoms with Crippen LogP contribution >= 0.6 is 39.1 Å². The first-order valence-corrected chi connectivity index (χ1v) is 7.82. The lowest BCUT2D eigenvalue weighted by atomic mass is 10.2. The summed E-state index contributed by atoms with van der Waals surface area (Å²) in [5.74, 6) is -0.254. The zero-order valence-electron chi connectivity index (χ0n) is 11.0. The van der Waals surface area contributed by atoms with Crippen molar-refractivity contribution in [1.82, 2.24) is 0 Å². The molecule has 0 spiro atoms. The number of rotatable bonds is 2. The summed E-state index contributed by atoms with van der Waals surface area (Å²) in [7, 11) is 0. The molecule has 1 heterocycles. The summed E-state index contributed by atoms with van der Waals surface area (Å²) in [6.45, 7) is 0. The van der Waals surface area contributed by atoms with E-state index in [9.17, 15) is 4.79 Å². The van der Waals surface area contributed by atoms with Crippen molar-refractivity contribution in [3.63, 3.8) is 0 Å². The quantitative estimate of drug-likeness (QED) is 0.523. The Bertz CT molecular complexity index is 813. The largest absolute Gasteiger partial charge is 0.402 e. The zero-order valence-corrected chi connectivity index (χ0v) is 14.1. The molecule has 0 N–H and O–H groups in total. The minimum absolute atomic E-state index is 0.182. The summed E-state index contributed by atoms with van der Waals surface area (Å²) >= 11 is 15.4. The molecule has 2 aromatic carbocycles. The Labute approximate surface area is 145 Å². The van der Waals surface area contributed by atoms with Gasteiger partial charge in [0.15, 0.2) is 5.70 Å². The maximum atomic E-state index is 11.9. The Morgan fingerprint density at radius 3 is 2.55 bits per heavy atom. The van der Waals surface area contributed by atoms with Crippen LogP contribution in [0.25, 0.3) is 6.08 Å². The van der Waals surface area contributed by atoms with E-state index >= 15 is 0 Å². The second-order valence-corrected chi connectivity index (χ2v) is 6.19. The number of halogens is 3. The van der Waals surface area contributed by atoms with Crippen LogP contribution in [0.15, 0.2) is 57.6 Å². The van der Waals surface area contributed by atoms with Crippen LogP contribution < -0.4 is 0 Å². The molecule has 0 fully saturated rings. The first-order valence-electron chi connectivity index (χ1n) is 6.27. The average molecular weight is 397 g/mol. The van der Waals surface area contributed by atoms with Crippen molar-refractivity contribution < 1.29 is 9.53 Å². The minimum Gasteiger partial charge on any atom is -0.402 e. The zero-order chi connectivity index (χ0) is 15.7. The van der Waals surface area contributed by atoms with Crippen molar-refractivity contribution in [3.05, 3.63) is 73.8 Å². The molecule has 3 rings (SSSR count). The van der Waals surface area contributed by atoms with E-state index in [4.69, 9.17) is 27.9 Å². The third-order valence-corrected chi connectivity index (χ3v) is 4.35. The molecule has 0 amide bonds. The number of carbonyl (C=O) groups is 1. The van der Waals surface area contributed by atoms with Gasteiger partial charge in [0.05, 0.1) is 10.0 Å². The van der Waals surface area contributed by atoms with Gasteiger partial charge in [0.1, 0.15) is 0 Å². The molecule has 6 heteroatoms. The van der Waals surface area contributed by atoms with Crippen molar-refractivity contribution in [2.24, 2.45) is 4.99 Å². The molecule has 3 nitrogen and oxygen atoms in total. The lowest BCUT2D eigenvalue weighted by molar-refractivity contribution is -0.129. The van der Waals surface area contributed by atoms with Gasteiger partial charge in [-0.3, -0.25) is 0 Å². The molecule has 22 heavy (non-hydrogen) atoms. The summed E-state index contributed by atoms with van der Waals surface area (Å²) in [5, 5.41) is 0.788.